The quantitative estimate of drug-likeness (QED) is 0.139. The third kappa shape index (κ3) is 6.52. The molecule has 0 aliphatic rings. The zero-order chi connectivity index (χ0) is 42.4. The Morgan fingerprint density at radius 2 is 0.781 bits per heavy atom. The molecule has 12 rings (SSSR count). The Morgan fingerprint density at radius 3 is 1.52 bits per heavy atom. The molecule has 0 N–H and O–H groups in total. The molecule has 64 heavy (non-hydrogen) atoms. The van der Waals surface area contributed by atoms with E-state index < -0.39 is 0 Å². The molecule has 0 radical (unpaired) electrons. The summed E-state index contributed by atoms with van der Waals surface area (Å²) in [7, 11) is 0. The Balaban J connectivity index is 0.980. The molecule has 0 aliphatic carbocycles. The summed E-state index contributed by atoms with van der Waals surface area (Å²) in [6, 6.07) is 92.6. The lowest BCUT2D eigenvalue weighted by molar-refractivity contribution is 1.18. The summed E-state index contributed by atoms with van der Waals surface area (Å²) in [5.74, 6) is 0. The van der Waals surface area contributed by atoms with Crippen LogP contribution in [0.25, 0.3) is 93.5 Å². The van der Waals surface area contributed by atoms with Gasteiger partial charge in [0.15, 0.2) is 0 Å². The maximum atomic E-state index is 2.41. The summed E-state index contributed by atoms with van der Waals surface area (Å²) in [6.45, 7) is 0. The molecule has 12 aromatic rings. The minimum atomic E-state index is 1.09. The molecule has 0 saturated carbocycles. The van der Waals surface area contributed by atoms with Crippen molar-refractivity contribution in [2.75, 3.05) is 4.90 Å². The van der Waals surface area contributed by atoms with Crippen LogP contribution in [-0.2, 0) is 0 Å². The highest BCUT2D eigenvalue weighted by Crippen LogP contribution is 2.44. The van der Waals surface area contributed by atoms with E-state index in [4.69, 9.17) is 0 Å². The first kappa shape index (κ1) is 37.3. The van der Waals surface area contributed by atoms with Crippen molar-refractivity contribution in [2.24, 2.45) is 0 Å². The maximum Gasteiger partial charge on any atom is 0.0541 e. The lowest BCUT2D eigenvalue weighted by Gasteiger charge is -2.28. The van der Waals surface area contributed by atoms with Gasteiger partial charge in [0.1, 0.15) is 0 Å². The average molecular weight is 815 g/mol. The van der Waals surface area contributed by atoms with E-state index in [2.05, 4.69) is 264 Å². The maximum absolute atomic E-state index is 2.41. The number of anilines is 3. The van der Waals surface area contributed by atoms with Crippen molar-refractivity contribution in [2.45, 2.75) is 0 Å². The Morgan fingerprint density at radius 1 is 0.266 bits per heavy atom. The minimum absolute atomic E-state index is 1.09. The molecule has 0 unspecified atom stereocenters. The fourth-order valence-electron chi connectivity index (χ4n) is 9.71. The monoisotopic (exact) mass is 814 g/mol. The SMILES string of the molecule is c1ccc(-c2ccc(-c3ccc(N(c4ccc(-c5cccc6c5ccc5ccccc56)cc4)c4ccccc4-c4ccc5c(c4)c4ccccc4n5-c4ccccc4)cc3)cc2)cc1. The molecule has 0 saturated heterocycles. The van der Waals surface area contributed by atoms with Gasteiger partial charge >= 0.3 is 0 Å². The van der Waals surface area contributed by atoms with Gasteiger partial charge in [-0.05, 0) is 121 Å². The molecule has 2 nitrogen and oxygen atoms in total. The van der Waals surface area contributed by atoms with Crippen LogP contribution >= 0.6 is 0 Å². The van der Waals surface area contributed by atoms with E-state index >= 15 is 0 Å². The van der Waals surface area contributed by atoms with E-state index in [9.17, 15) is 0 Å². The molecule has 0 amide bonds. The van der Waals surface area contributed by atoms with Crippen LogP contribution in [0.2, 0.25) is 0 Å². The fraction of sp³-hybridized carbons (Fsp3) is 0. The van der Waals surface area contributed by atoms with Gasteiger partial charge < -0.3 is 9.47 Å². The first-order valence-corrected chi connectivity index (χ1v) is 22.0. The van der Waals surface area contributed by atoms with E-state index in [1.54, 1.807) is 0 Å². The summed E-state index contributed by atoms with van der Waals surface area (Å²) in [5, 5.41) is 7.53. The topological polar surface area (TPSA) is 8.17 Å². The Bertz CT molecular complexity index is 3620. The number of para-hydroxylation sites is 3. The molecule has 1 aromatic heterocycles. The Labute approximate surface area is 373 Å². The second-order valence-corrected chi connectivity index (χ2v) is 16.5. The predicted octanol–water partition coefficient (Wildman–Crippen LogP) is 17.2. The van der Waals surface area contributed by atoms with Gasteiger partial charge in [-0.15, -0.1) is 0 Å². The highest BCUT2D eigenvalue weighted by Gasteiger charge is 2.20. The predicted molar refractivity (Wildman–Crippen MR) is 272 cm³/mol. The number of rotatable bonds is 8. The van der Waals surface area contributed by atoms with Crippen LogP contribution in [0.15, 0.2) is 255 Å². The number of hydrogen-bond donors (Lipinski definition) is 0. The van der Waals surface area contributed by atoms with Gasteiger partial charge in [0, 0.05) is 33.4 Å². The van der Waals surface area contributed by atoms with Crippen LogP contribution in [0.1, 0.15) is 0 Å². The van der Waals surface area contributed by atoms with Crippen molar-refractivity contribution in [1.82, 2.24) is 4.57 Å². The van der Waals surface area contributed by atoms with Crippen LogP contribution in [0.5, 0.6) is 0 Å². The van der Waals surface area contributed by atoms with Gasteiger partial charge in [0.2, 0.25) is 0 Å². The van der Waals surface area contributed by atoms with Crippen LogP contribution in [-0.4, -0.2) is 4.57 Å². The highest BCUT2D eigenvalue weighted by atomic mass is 15.1. The second kappa shape index (κ2) is 15.8. The van der Waals surface area contributed by atoms with Crippen molar-refractivity contribution >= 4 is 60.4 Å². The average Bonchev–Trinajstić information content (AvgIpc) is 3.71. The lowest BCUT2D eigenvalue weighted by atomic mass is 9.94. The standard InChI is InChI=1S/C62H42N2/c1-3-14-43(15-4-1)44-26-28-45(29-27-44)46-30-36-51(37-31-46)63(52-38-32-48(33-39-52)54-22-13-23-56-53-19-8-7-16-47(53)34-40-57(54)56)60-24-11-9-20-55(60)49-35-41-62-59(42-49)58-21-10-12-25-61(58)64(62)50-17-5-2-6-18-50/h1-42H. The Kier molecular flexibility index (Phi) is 9.20. The largest absolute Gasteiger partial charge is 0.310 e. The van der Waals surface area contributed by atoms with Crippen molar-refractivity contribution in [3.63, 3.8) is 0 Å². The van der Waals surface area contributed by atoms with Gasteiger partial charge in [0.25, 0.3) is 0 Å². The molecule has 11 aromatic carbocycles. The summed E-state index contributed by atoms with van der Waals surface area (Å²) in [4.78, 5) is 2.41. The van der Waals surface area contributed by atoms with Crippen LogP contribution < -0.4 is 4.90 Å². The number of nitrogens with zero attached hydrogens (tertiary/aromatic N) is 2. The molecular formula is C62H42N2. The van der Waals surface area contributed by atoms with Gasteiger partial charge in [0.05, 0.1) is 16.7 Å². The second-order valence-electron chi connectivity index (χ2n) is 16.5. The number of aromatic nitrogens is 1. The third-order valence-electron chi connectivity index (χ3n) is 12.8. The number of benzene rings is 11. The van der Waals surface area contributed by atoms with Gasteiger partial charge in [-0.1, -0.05) is 194 Å². The van der Waals surface area contributed by atoms with Crippen molar-refractivity contribution in [3.05, 3.63) is 255 Å². The normalized spacial score (nSPS) is 11.4. The van der Waals surface area contributed by atoms with E-state index in [-0.39, 0.29) is 0 Å². The van der Waals surface area contributed by atoms with E-state index in [0.29, 0.717) is 0 Å². The van der Waals surface area contributed by atoms with E-state index in [1.165, 1.54) is 82.3 Å². The smallest absolute Gasteiger partial charge is 0.0541 e. The molecule has 0 spiro atoms. The summed E-state index contributed by atoms with van der Waals surface area (Å²) >= 11 is 0. The van der Waals surface area contributed by atoms with Crippen LogP contribution in [0, 0.1) is 0 Å². The molecule has 1 heterocycles. The summed E-state index contributed by atoms with van der Waals surface area (Å²) in [6.07, 6.45) is 0. The van der Waals surface area contributed by atoms with E-state index in [0.717, 1.165) is 28.3 Å². The highest BCUT2D eigenvalue weighted by molar-refractivity contribution is 6.13. The zero-order valence-electron chi connectivity index (χ0n) is 35.1. The molecule has 0 bridgehead atoms. The van der Waals surface area contributed by atoms with Crippen LogP contribution in [0.4, 0.5) is 17.1 Å². The summed E-state index contributed by atoms with van der Waals surface area (Å²) < 4.78 is 2.38. The van der Waals surface area contributed by atoms with Gasteiger partial charge in [-0.2, -0.15) is 0 Å². The number of fused-ring (bicyclic) bond motifs is 6. The molecule has 2 heteroatoms. The van der Waals surface area contributed by atoms with E-state index in [1.807, 2.05) is 0 Å². The Hall–Kier alpha value is -8.46. The van der Waals surface area contributed by atoms with Crippen molar-refractivity contribution in [3.8, 4) is 50.2 Å². The summed E-state index contributed by atoms with van der Waals surface area (Å²) in [5.41, 5.74) is 16.4. The van der Waals surface area contributed by atoms with Gasteiger partial charge in [-0.3, -0.25) is 0 Å². The fourth-order valence-corrected chi connectivity index (χ4v) is 9.71. The first-order chi connectivity index (χ1) is 31.7. The lowest BCUT2D eigenvalue weighted by Crippen LogP contribution is -2.11. The first-order valence-electron chi connectivity index (χ1n) is 22.0. The van der Waals surface area contributed by atoms with Crippen LogP contribution in [0.3, 0.4) is 0 Å². The van der Waals surface area contributed by atoms with Crippen molar-refractivity contribution < 1.29 is 0 Å². The minimum Gasteiger partial charge on any atom is -0.310 e. The third-order valence-corrected chi connectivity index (χ3v) is 12.8. The van der Waals surface area contributed by atoms with Crippen molar-refractivity contribution in [1.29, 1.82) is 0 Å². The molecule has 300 valence electrons. The molecular weight excluding hydrogens is 773 g/mol. The molecule has 0 atom stereocenters. The molecule has 0 fully saturated rings. The number of hydrogen-bond acceptors (Lipinski definition) is 1. The zero-order valence-corrected chi connectivity index (χ0v) is 35.1. The van der Waals surface area contributed by atoms with Gasteiger partial charge in [-0.25, -0.2) is 0 Å². The molecule has 0 aliphatic heterocycles.